The van der Waals surface area contributed by atoms with E-state index in [4.69, 9.17) is 4.74 Å². The number of carbonyl (C=O) groups excluding carboxylic acids is 2. The average Bonchev–Trinajstić information content (AvgIpc) is 2.96. The molecule has 0 unspecified atom stereocenters. The number of hydrogen-bond acceptors (Lipinski definition) is 5. The van der Waals surface area contributed by atoms with Gasteiger partial charge in [-0.3, -0.25) is 19.2 Å². The smallest absolute Gasteiger partial charge is 0.238 e. The van der Waals surface area contributed by atoms with Crippen LogP contribution in [0.4, 0.5) is 5.69 Å². The Bertz CT molecular complexity index is 786. The zero-order valence-corrected chi connectivity index (χ0v) is 17.0. The van der Waals surface area contributed by atoms with Crippen molar-refractivity contribution in [1.29, 1.82) is 0 Å². The van der Waals surface area contributed by atoms with E-state index in [-0.39, 0.29) is 24.9 Å². The van der Waals surface area contributed by atoms with E-state index in [1.54, 1.807) is 43.3 Å². The predicted octanol–water partition coefficient (Wildman–Crippen LogP) is 1.59. The summed E-state index contributed by atoms with van der Waals surface area (Å²) in [4.78, 5) is 25.8. The van der Waals surface area contributed by atoms with Crippen molar-refractivity contribution in [2.24, 2.45) is 0 Å². The molecule has 28 heavy (non-hydrogen) atoms. The highest BCUT2D eigenvalue weighted by Gasteiger charge is 2.11. The molecule has 0 radical (unpaired) electrons. The second-order valence-electron chi connectivity index (χ2n) is 6.80. The van der Waals surface area contributed by atoms with E-state index in [2.05, 4.69) is 15.7 Å². The number of methoxy groups -OCH3 is 1. The van der Waals surface area contributed by atoms with Crippen molar-refractivity contribution in [2.75, 3.05) is 39.1 Å². The molecule has 1 heterocycles. The lowest BCUT2D eigenvalue weighted by Gasteiger charge is -2.16. The van der Waals surface area contributed by atoms with E-state index in [1.165, 1.54) is 0 Å². The number of aryl methyl sites for hydroxylation is 3. The number of rotatable bonds is 10. The molecular formula is C20H29N5O3. The predicted molar refractivity (Wildman–Crippen MR) is 108 cm³/mol. The Morgan fingerprint density at radius 3 is 2.43 bits per heavy atom. The lowest BCUT2D eigenvalue weighted by atomic mass is 10.3. The van der Waals surface area contributed by atoms with E-state index in [0.717, 1.165) is 30.1 Å². The zero-order chi connectivity index (χ0) is 20.5. The Balaban J connectivity index is 1.64. The van der Waals surface area contributed by atoms with Crippen molar-refractivity contribution in [3.05, 3.63) is 41.7 Å². The summed E-state index contributed by atoms with van der Waals surface area (Å²) in [7, 11) is 3.33. The molecule has 1 aromatic heterocycles. The Morgan fingerprint density at radius 1 is 1.14 bits per heavy atom. The second kappa shape index (κ2) is 10.5. The molecule has 152 valence electrons. The van der Waals surface area contributed by atoms with Crippen LogP contribution in [-0.2, 0) is 16.1 Å². The van der Waals surface area contributed by atoms with Crippen molar-refractivity contribution >= 4 is 17.5 Å². The van der Waals surface area contributed by atoms with Crippen molar-refractivity contribution in [2.45, 2.75) is 26.8 Å². The maximum Gasteiger partial charge on any atom is 0.238 e. The van der Waals surface area contributed by atoms with Crippen molar-refractivity contribution in [3.8, 4) is 5.75 Å². The third-order valence-corrected chi connectivity index (χ3v) is 4.17. The molecule has 0 saturated carbocycles. The standard InChI is InChI=1S/C20H29N5O3/c1-15-12-16(2)25(23-15)11-5-10-21-19(26)13-24(3)14-20(27)22-17-6-8-18(28-4)9-7-17/h6-9,12H,5,10-11,13-14H2,1-4H3,(H,21,26)(H,22,27). The van der Waals surface area contributed by atoms with Crippen molar-refractivity contribution < 1.29 is 14.3 Å². The fourth-order valence-electron chi connectivity index (χ4n) is 2.83. The zero-order valence-electron chi connectivity index (χ0n) is 17.0. The van der Waals surface area contributed by atoms with Gasteiger partial charge in [0, 0.05) is 24.5 Å². The van der Waals surface area contributed by atoms with E-state index in [9.17, 15) is 9.59 Å². The number of nitrogens with one attached hydrogen (secondary N) is 2. The van der Waals surface area contributed by atoms with Gasteiger partial charge in [0.1, 0.15) is 5.75 Å². The highest BCUT2D eigenvalue weighted by atomic mass is 16.5. The van der Waals surface area contributed by atoms with Gasteiger partial charge in [-0.15, -0.1) is 0 Å². The van der Waals surface area contributed by atoms with Gasteiger partial charge in [0.25, 0.3) is 0 Å². The molecule has 1 aromatic carbocycles. The molecule has 0 aliphatic heterocycles. The van der Waals surface area contributed by atoms with Crippen LogP contribution in [0.3, 0.4) is 0 Å². The third-order valence-electron chi connectivity index (χ3n) is 4.17. The van der Waals surface area contributed by atoms with Crippen LogP contribution in [0, 0.1) is 13.8 Å². The molecule has 0 aliphatic rings. The highest BCUT2D eigenvalue weighted by Crippen LogP contribution is 2.14. The summed E-state index contributed by atoms with van der Waals surface area (Å²) in [6.45, 7) is 5.61. The lowest BCUT2D eigenvalue weighted by molar-refractivity contribution is -0.122. The second-order valence-corrected chi connectivity index (χ2v) is 6.80. The molecular weight excluding hydrogens is 358 g/mol. The van der Waals surface area contributed by atoms with Crippen LogP contribution in [0.5, 0.6) is 5.75 Å². The first-order valence-electron chi connectivity index (χ1n) is 9.27. The van der Waals surface area contributed by atoms with Crippen LogP contribution in [0.1, 0.15) is 17.8 Å². The quantitative estimate of drug-likeness (QED) is 0.605. The van der Waals surface area contributed by atoms with E-state index in [1.807, 2.05) is 24.6 Å². The summed E-state index contributed by atoms with van der Waals surface area (Å²) < 4.78 is 7.03. The first kappa shape index (κ1) is 21.4. The minimum Gasteiger partial charge on any atom is -0.497 e. The molecule has 0 aliphatic carbocycles. The third kappa shape index (κ3) is 7.03. The summed E-state index contributed by atoms with van der Waals surface area (Å²) >= 11 is 0. The van der Waals surface area contributed by atoms with Gasteiger partial charge in [0.15, 0.2) is 0 Å². The summed E-state index contributed by atoms with van der Waals surface area (Å²) in [5, 5.41) is 10.1. The molecule has 0 fully saturated rings. The summed E-state index contributed by atoms with van der Waals surface area (Å²) in [5.74, 6) is 0.447. The molecule has 2 aromatic rings. The minimum atomic E-state index is -0.176. The van der Waals surface area contributed by atoms with Gasteiger partial charge in [0.2, 0.25) is 11.8 Å². The maximum absolute atomic E-state index is 12.1. The van der Waals surface area contributed by atoms with Crippen LogP contribution in [0.15, 0.2) is 30.3 Å². The number of anilines is 1. The number of ether oxygens (including phenoxy) is 1. The van der Waals surface area contributed by atoms with Crippen LogP contribution in [0.25, 0.3) is 0 Å². The summed E-state index contributed by atoms with van der Waals surface area (Å²) in [6.07, 6.45) is 0.801. The fourth-order valence-corrected chi connectivity index (χ4v) is 2.83. The highest BCUT2D eigenvalue weighted by molar-refractivity contribution is 5.92. The van der Waals surface area contributed by atoms with Gasteiger partial charge < -0.3 is 15.4 Å². The molecule has 0 atom stereocenters. The lowest BCUT2D eigenvalue weighted by Crippen LogP contribution is -2.39. The topological polar surface area (TPSA) is 88.5 Å². The Labute approximate surface area is 165 Å². The van der Waals surface area contributed by atoms with Gasteiger partial charge in [-0.1, -0.05) is 0 Å². The molecule has 8 heteroatoms. The van der Waals surface area contributed by atoms with E-state index < -0.39 is 0 Å². The number of carbonyl (C=O) groups is 2. The SMILES string of the molecule is COc1ccc(NC(=O)CN(C)CC(=O)NCCCn2nc(C)cc2C)cc1. The van der Waals surface area contributed by atoms with Crippen LogP contribution in [-0.4, -0.2) is 60.3 Å². The van der Waals surface area contributed by atoms with Gasteiger partial charge in [-0.05, 0) is 57.6 Å². The Kier molecular flexibility index (Phi) is 8.01. The van der Waals surface area contributed by atoms with Crippen LogP contribution < -0.4 is 15.4 Å². The number of amides is 2. The number of benzene rings is 1. The number of likely N-dealkylation sites (N-methyl/N-ethyl adjacent to an activating group) is 1. The monoisotopic (exact) mass is 387 g/mol. The average molecular weight is 387 g/mol. The number of aromatic nitrogens is 2. The van der Waals surface area contributed by atoms with Gasteiger partial charge in [-0.2, -0.15) is 5.10 Å². The maximum atomic E-state index is 12.1. The van der Waals surface area contributed by atoms with Gasteiger partial charge in [-0.25, -0.2) is 0 Å². The fraction of sp³-hybridized carbons (Fsp3) is 0.450. The van der Waals surface area contributed by atoms with Crippen LogP contribution >= 0.6 is 0 Å². The van der Waals surface area contributed by atoms with E-state index >= 15 is 0 Å². The minimum absolute atomic E-state index is 0.104. The molecule has 0 spiro atoms. The van der Waals surface area contributed by atoms with Crippen LogP contribution in [0.2, 0.25) is 0 Å². The van der Waals surface area contributed by atoms with Gasteiger partial charge in [0.05, 0.1) is 25.9 Å². The first-order valence-corrected chi connectivity index (χ1v) is 9.27. The summed E-state index contributed by atoms with van der Waals surface area (Å²) in [6, 6.07) is 9.13. The van der Waals surface area contributed by atoms with Crippen molar-refractivity contribution in [3.63, 3.8) is 0 Å². The summed E-state index contributed by atoms with van der Waals surface area (Å²) in [5.41, 5.74) is 2.80. The molecule has 2 amide bonds. The first-order chi connectivity index (χ1) is 13.4. The molecule has 2 N–H and O–H groups in total. The normalized spacial score (nSPS) is 10.8. The molecule has 8 nitrogen and oxygen atoms in total. The Morgan fingerprint density at radius 2 is 1.82 bits per heavy atom. The molecule has 0 saturated heterocycles. The van der Waals surface area contributed by atoms with Crippen molar-refractivity contribution in [1.82, 2.24) is 20.0 Å². The number of hydrogen-bond donors (Lipinski definition) is 2. The Hall–Kier alpha value is -2.87. The largest absolute Gasteiger partial charge is 0.497 e. The van der Waals surface area contributed by atoms with Gasteiger partial charge >= 0.3 is 0 Å². The number of nitrogens with zero attached hydrogens (tertiary/aromatic N) is 3. The molecule has 0 bridgehead atoms. The van der Waals surface area contributed by atoms with E-state index in [0.29, 0.717) is 12.2 Å². The molecule has 2 rings (SSSR count).